The summed E-state index contributed by atoms with van der Waals surface area (Å²) in [5.74, 6) is 0.780. The highest BCUT2D eigenvalue weighted by atomic mass is 16.5. The summed E-state index contributed by atoms with van der Waals surface area (Å²) in [6.45, 7) is 3.96. The highest BCUT2D eigenvalue weighted by Gasteiger charge is 2.17. The van der Waals surface area contributed by atoms with E-state index in [2.05, 4.69) is 36.2 Å². The van der Waals surface area contributed by atoms with E-state index in [1.165, 1.54) is 18.4 Å². The van der Waals surface area contributed by atoms with Gasteiger partial charge in [0, 0.05) is 32.3 Å². The lowest BCUT2D eigenvalue weighted by atomic mass is 9.99. The zero-order chi connectivity index (χ0) is 13.5. The van der Waals surface area contributed by atoms with Crippen LogP contribution in [0.4, 0.5) is 0 Å². The van der Waals surface area contributed by atoms with Crippen molar-refractivity contribution >= 4 is 0 Å². The van der Waals surface area contributed by atoms with Crippen LogP contribution in [0, 0.1) is 5.92 Å². The van der Waals surface area contributed by atoms with E-state index in [1.807, 2.05) is 6.07 Å². The van der Waals surface area contributed by atoms with Crippen LogP contribution in [-0.2, 0) is 11.2 Å². The lowest BCUT2D eigenvalue weighted by Crippen LogP contribution is -2.39. The molecule has 0 aromatic heterocycles. The van der Waals surface area contributed by atoms with Crippen LogP contribution >= 0.6 is 0 Å². The first kappa shape index (κ1) is 14.5. The van der Waals surface area contributed by atoms with E-state index in [9.17, 15) is 0 Å². The second-order valence-corrected chi connectivity index (χ2v) is 5.73. The molecule has 2 rings (SSSR count). The molecule has 1 aliphatic heterocycles. The zero-order valence-electron chi connectivity index (χ0n) is 11.9. The molecule has 1 aromatic carbocycles. The molecular formula is C16H26N2O. The summed E-state index contributed by atoms with van der Waals surface area (Å²) in [4.78, 5) is 2.38. The number of likely N-dealkylation sites (N-methyl/N-ethyl adjacent to an activating group) is 1. The van der Waals surface area contributed by atoms with Crippen molar-refractivity contribution in [3.05, 3.63) is 35.9 Å². The summed E-state index contributed by atoms with van der Waals surface area (Å²) in [5, 5.41) is 0. The maximum atomic E-state index is 6.25. The number of rotatable bonds is 6. The number of nitrogens with zero attached hydrogens (tertiary/aromatic N) is 1. The van der Waals surface area contributed by atoms with Crippen LogP contribution in [0.3, 0.4) is 0 Å². The van der Waals surface area contributed by atoms with Crippen molar-refractivity contribution in [1.82, 2.24) is 4.90 Å². The fourth-order valence-electron chi connectivity index (χ4n) is 2.83. The molecule has 1 aliphatic rings. The van der Waals surface area contributed by atoms with Gasteiger partial charge in [-0.2, -0.15) is 0 Å². The highest BCUT2D eigenvalue weighted by Crippen LogP contribution is 2.15. The summed E-state index contributed by atoms with van der Waals surface area (Å²) in [6, 6.07) is 10.7. The van der Waals surface area contributed by atoms with Gasteiger partial charge in [0.15, 0.2) is 0 Å². The molecule has 106 valence electrons. The van der Waals surface area contributed by atoms with E-state index in [-0.39, 0.29) is 6.04 Å². The van der Waals surface area contributed by atoms with Crippen LogP contribution in [0.25, 0.3) is 0 Å². The molecule has 1 saturated heterocycles. The molecule has 2 N–H and O–H groups in total. The lowest BCUT2D eigenvalue weighted by molar-refractivity contribution is 0.0552. The third-order valence-corrected chi connectivity index (χ3v) is 3.80. The minimum Gasteiger partial charge on any atom is -0.381 e. The fourth-order valence-corrected chi connectivity index (χ4v) is 2.83. The quantitative estimate of drug-likeness (QED) is 0.851. The van der Waals surface area contributed by atoms with Crippen LogP contribution in [0.1, 0.15) is 18.4 Å². The first-order valence-corrected chi connectivity index (χ1v) is 7.30. The molecule has 3 heteroatoms. The Hall–Kier alpha value is -0.900. The Morgan fingerprint density at radius 2 is 1.95 bits per heavy atom. The second-order valence-electron chi connectivity index (χ2n) is 5.73. The zero-order valence-corrected chi connectivity index (χ0v) is 11.9. The summed E-state index contributed by atoms with van der Waals surface area (Å²) in [5.41, 5.74) is 7.57. The minimum absolute atomic E-state index is 0.215. The molecule has 0 radical (unpaired) electrons. The van der Waals surface area contributed by atoms with Gasteiger partial charge in [0.2, 0.25) is 0 Å². The molecule has 3 nitrogen and oxygen atoms in total. The Bertz CT molecular complexity index is 349. The molecule has 1 atom stereocenters. The summed E-state index contributed by atoms with van der Waals surface area (Å²) < 4.78 is 5.40. The van der Waals surface area contributed by atoms with Crippen LogP contribution in [0.2, 0.25) is 0 Å². The van der Waals surface area contributed by atoms with Gasteiger partial charge in [0.25, 0.3) is 0 Å². The summed E-state index contributed by atoms with van der Waals surface area (Å²) >= 11 is 0. The molecular weight excluding hydrogens is 236 g/mol. The third kappa shape index (κ3) is 5.31. The van der Waals surface area contributed by atoms with Crippen LogP contribution in [-0.4, -0.2) is 44.3 Å². The Morgan fingerprint density at radius 1 is 1.26 bits per heavy atom. The third-order valence-electron chi connectivity index (χ3n) is 3.80. The van der Waals surface area contributed by atoms with Crippen molar-refractivity contribution in [2.24, 2.45) is 11.7 Å². The Morgan fingerprint density at radius 3 is 2.63 bits per heavy atom. The first-order chi connectivity index (χ1) is 9.24. The maximum Gasteiger partial charge on any atom is 0.0469 e. The average molecular weight is 262 g/mol. The molecule has 1 unspecified atom stereocenters. The largest absolute Gasteiger partial charge is 0.381 e. The predicted molar refractivity (Wildman–Crippen MR) is 79.2 cm³/mol. The average Bonchev–Trinajstić information content (AvgIpc) is 2.40. The van der Waals surface area contributed by atoms with Crippen molar-refractivity contribution in [1.29, 1.82) is 0 Å². The van der Waals surface area contributed by atoms with Crippen molar-refractivity contribution in [2.75, 3.05) is 33.4 Å². The first-order valence-electron chi connectivity index (χ1n) is 7.30. The second kappa shape index (κ2) is 7.63. The predicted octanol–water partition coefficient (Wildman–Crippen LogP) is 1.91. The van der Waals surface area contributed by atoms with Crippen molar-refractivity contribution < 1.29 is 4.74 Å². The minimum atomic E-state index is 0.215. The van der Waals surface area contributed by atoms with Crippen molar-refractivity contribution in [2.45, 2.75) is 25.3 Å². The molecule has 0 amide bonds. The summed E-state index contributed by atoms with van der Waals surface area (Å²) in [6.07, 6.45) is 3.34. The van der Waals surface area contributed by atoms with E-state index in [4.69, 9.17) is 10.5 Å². The molecule has 19 heavy (non-hydrogen) atoms. The Balaban J connectivity index is 1.70. The van der Waals surface area contributed by atoms with Crippen LogP contribution in [0.15, 0.2) is 30.3 Å². The number of nitrogens with two attached hydrogens (primary N) is 1. The monoisotopic (exact) mass is 262 g/mol. The topological polar surface area (TPSA) is 38.5 Å². The van der Waals surface area contributed by atoms with E-state index in [0.717, 1.165) is 38.6 Å². The Labute approximate surface area is 116 Å². The van der Waals surface area contributed by atoms with Crippen LogP contribution in [0.5, 0.6) is 0 Å². The van der Waals surface area contributed by atoms with Gasteiger partial charge in [0.1, 0.15) is 0 Å². The fraction of sp³-hybridized carbons (Fsp3) is 0.625. The Kier molecular flexibility index (Phi) is 5.83. The summed E-state index contributed by atoms with van der Waals surface area (Å²) in [7, 11) is 2.18. The lowest BCUT2D eigenvalue weighted by Gasteiger charge is -2.28. The van der Waals surface area contributed by atoms with Gasteiger partial charge in [-0.05, 0) is 37.8 Å². The van der Waals surface area contributed by atoms with Gasteiger partial charge in [-0.25, -0.2) is 0 Å². The van der Waals surface area contributed by atoms with Gasteiger partial charge < -0.3 is 15.4 Å². The van der Waals surface area contributed by atoms with Crippen LogP contribution < -0.4 is 5.73 Å². The molecule has 0 bridgehead atoms. The highest BCUT2D eigenvalue weighted by molar-refractivity contribution is 5.15. The van der Waals surface area contributed by atoms with Gasteiger partial charge in [-0.1, -0.05) is 30.3 Å². The molecule has 1 heterocycles. The molecule has 1 aromatic rings. The number of ether oxygens (including phenoxy) is 1. The normalized spacial score (nSPS) is 18.7. The van der Waals surface area contributed by atoms with E-state index in [0.29, 0.717) is 0 Å². The molecule has 1 fully saturated rings. The van der Waals surface area contributed by atoms with Crippen molar-refractivity contribution in [3.8, 4) is 0 Å². The SMILES string of the molecule is CN(CC(N)Cc1ccccc1)CC1CCOCC1. The molecule has 0 spiro atoms. The van der Waals surface area contributed by atoms with E-state index in [1.54, 1.807) is 0 Å². The van der Waals surface area contributed by atoms with Gasteiger partial charge in [-0.15, -0.1) is 0 Å². The van der Waals surface area contributed by atoms with E-state index < -0.39 is 0 Å². The number of hydrogen-bond donors (Lipinski definition) is 1. The maximum absolute atomic E-state index is 6.25. The van der Waals surface area contributed by atoms with E-state index >= 15 is 0 Å². The standard InChI is InChI=1S/C16H26N2O/c1-18(12-15-7-9-19-10-8-15)13-16(17)11-14-5-3-2-4-6-14/h2-6,15-16H,7-13,17H2,1H3. The number of benzene rings is 1. The number of hydrogen-bond acceptors (Lipinski definition) is 3. The molecule has 0 saturated carbocycles. The van der Waals surface area contributed by atoms with Crippen molar-refractivity contribution in [3.63, 3.8) is 0 Å². The molecule has 0 aliphatic carbocycles. The van der Waals surface area contributed by atoms with Gasteiger partial charge in [-0.3, -0.25) is 0 Å². The van der Waals surface area contributed by atoms with Gasteiger partial charge >= 0.3 is 0 Å². The van der Waals surface area contributed by atoms with Gasteiger partial charge in [0.05, 0.1) is 0 Å². The smallest absolute Gasteiger partial charge is 0.0469 e.